The largest absolute Gasteiger partial charge is 0.497 e. The van der Waals surface area contributed by atoms with Gasteiger partial charge in [-0.15, -0.1) is 16.9 Å². The molecule has 1 aliphatic heterocycles. The normalized spacial score (nSPS) is 19.1. The van der Waals surface area contributed by atoms with Crippen LogP contribution in [0.4, 0.5) is 0 Å². The van der Waals surface area contributed by atoms with Crippen LogP contribution in [0.3, 0.4) is 0 Å². The molecular formula is C28H36N4O4S. The summed E-state index contributed by atoms with van der Waals surface area (Å²) in [5.74, 6) is 1.70. The van der Waals surface area contributed by atoms with Gasteiger partial charge in [-0.25, -0.2) is 0 Å². The third-order valence-corrected chi connectivity index (χ3v) is 8.28. The Labute approximate surface area is 222 Å². The van der Waals surface area contributed by atoms with Crippen molar-refractivity contribution in [2.45, 2.75) is 49.7 Å². The number of hydrogen-bond donors (Lipinski definition) is 2. The van der Waals surface area contributed by atoms with Gasteiger partial charge in [0.2, 0.25) is 0 Å². The van der Waals surface area contributed by atoms with Crippen molar-refractivity contribution < 1.29 is 19.7 Å². The Morgan fingerprint density at radius 3 is 2.89 bits per heavy atom. The molecule has 0 radical (unpaired) electrons. The highest BCUT2D eigenvalue weighted by Gasteiger charge is 2.30. The monoisotopic (exact) mass is 524 g/mol. The van der Waals surface area contributed by atoms with Gasteiger partial charge in [-0.1, -0.05) is 0 Å². The average molecular weight is 525 g/mol. The first-order valence-corrected chi connectivity index (χ1v) is 14.0. The number of thioether (sulfide) groups is 1. The van der Waals surface area contributed by atoms with E-state index >= 15 is 0 Å². The van der Waals surface area contributed by atoms with E-state index in [1.165, 1.54) is 0 Å². The number of aliphatic carboxylic acids is 1. The van der Waals surface area contributed by atoms with Gasteiger partial charge in [-0.3, -0.25) is 9.78 Å². The van der Waals surface area contributed by atoms with Crippen LogP contribution in [0, 0.1) is 11.8 Å². The molecule has 3 heterocycles. The Kier molecular flexibility index (Phi) is 10.1. The van der Waals surface area contributed by atoms with Crippen molar-refractivity contribution in [3.63, 3.8) is 0 Å². The maximum atomic E-state index is 11.3. The summed E-state index contributed by atoms with van der Waals surface area (Å²) >= 11 is 1.72. The van der Waals surface area contributed by atoms with E-state index in [1.54, 1.807) is 31.3 Å². The molecule has 1 aliphatic rings. The summed E-state index contributed by atoms with van der Waals surface area (Å²) in [5, 5.41) is 30.3. The highest BCUT2D eigenvalue weighted by molar-refractivity contribution is 7.99. The molecule has 3 atom stereocenters. The second kappa shape index (κ2) is 13.7. The number of hydrogen-bond acceptors (Lipinski definition) is 8. The van der Waals surface area contributed by atoms with Crippen molar-refractivity contribution in [3.8, 4) is 5.75 Å². The molecule has 1 saturated heterocycles. The van der Waals surface area contributed by atoms with Crippen LogP contribution in [-0.4, -0.2) is 68.8 Å². The Bertz CT molecular complexity index is 1150. The Morgan fingerprint density at radius 2 is 2.11 bits per heavy atom. The first kappa shape index (κ1) is 27.3. The fraction of sp³-hybridized carbons (Fsp3) is 0.500. The van der Waals surface area contributed by atoms with Crippen LogP contribution in [0.25, 0.3) is 10.9 Å². The molecular weight excluding hydrogens is 488 g/mol. The lowest BCUT2D eigenvalue weighted by atomic mass is 9.79. The van der Waals surface area contributed by atoms with Crippen molar-refractivity contribution in [3.05, 3.63) is 54.4 Å². The number of ether oxygens (including phenoxy) is 1. The molecule has 0 amide bonds. The zero-order chi connectivity index (χ0) is 26.0. The third kappa shape index (κ3) is 7.87. The molecule has 2 unspecified atom stereocenters. The number of carboxylic acid groups (broad SMARTS) is 1. The smallest absolute Gasteiger partial charge is 0.303 e. The summed E-state index contributed by atoms with van der Waals surface area (Å²) < 4.78 is 5.37. The molecule has 0 bridgehead atoms. The summed E-state index contributed by atoms with van der Waals surface area (Å²) in [5.41, 5.74) is 1.70. The van der Waals surface area contributed by atoms with Gasteiger partial charge in [-0.05, 0) is 99.0 Å². The number of rotatable bonds is 13. The van der Waals surface area contributed by atoms with Crippen LogP contribution in [-0.2, 0) is 4.79 Å². The van der Waals surface area contributed by atoms with E-state index in [0.717, 1.165) is 71.9 Å². The molecule has 0 spiro atoms. The van der Waals surface area contributed by atoms with E-state index in [9.17, 15) is 15.0 Å². The molecule has 198 valence electrons. The lowest BCUT2D eigenvalue weighted by Gasteiger charge is -2.39. The minimum atomic E-state index is -0.742. The third-order valence-electron chi connectivity index (χ3n) is 7.27. The number of pyridine rings is 1. The summed E-state index contributed by atoms with van der Waals surface area (Å²) in [4.78, 5) is 18.2. The molecule has 0 aliphatic carbocycles. The summed E-state index contributed by atoms with van der Waals surface area (Å²) in [7, 11) is 1.63. The molecule has 2 N–H and O–H groups in total. The van der Waals surface area contributed by atoms with Gasteiger partial charge in [0.15, 0.2) is 0 Å². The number of aliphatic hydroxyl groups is 1. The van der Waals surface area contributed by atoms with Gasteiger partial charge in [0.1, 0.15) is 10.8 Å². The highest BCUT2D eigenvalue weighted by atomic mass is 32.2. The van der Waals surface area contributed by atoms with Crippen LogP contribution in [0.5, 0.6) is 5.75 Å². The number of piperidine rings is 1. The molecule has 1 aromatic carbocycles. The number of nitrogens with zero attached hydrogens (tertiary/aromatic N) is 4. The maximum absolute atomic E-state index is 11.3. The molecule has 4 rings (SSSR count). The number of aliphatic hydroxyl groups excluding tert-OH is 1. The topological polar surface area (TPSA) is 109 Å². The van der Waals surface area contributed by atoms with E-state index in [2.05, 4.69) is 20.1 Å². The molecule has 37 heavy (non-hydrogen) atoms. The van der Waals surface area contributed by atoms with Crippen molar-refractivity contribution >= 4 is 28.6 Å². The van der Waals surface area contributed by atoms with Gasteiger partial charge in [0.05, 0.1) is 18.7 Å². The maximum Gasteiger partial charge on any atom is 0.303 e. The Balaban J connectivity index is 1.32. The van der Waals surface area contributed by atoms with Crippen LogP contribution in [0.2, 0.25) is 0 Å². The molecule has 0 saturated carbocycles. The summed E-state index contributed by atoms with van der Waals surface area (Å²) in [6, 6.07) is 11.5. The fourth-order valence-corrected chi connectivity index (χ4v) is 6.06. The van der Waals surface area contributed by atoms with E-state index in [0.29, 0.717) is 24.7 Å². The number of methoxy groups -OCH3 is 1. The predicted octanol–water partition coefficient (Wildman–Crippen LogP) is 4.83. The fourth-order valence-electron chi connectivity index (χ4n) is 5.30. The molecule has 2 aromatic heterocycles. The van der Waals surface area contributed by atoms with Crippen molar-refractivity contribution in [2.24, 2.45) is 11.8 Å². The lowest BCUT2D eigenvalue weighted by Crippen LogP contribution is -2.41. The van der Waals surface area contributed by atoms with Crippen LogP contribution < -0.4 is 4.74 Å². The SMILES string of the molecule is COc1ccc2nccc([C@@H](O)CCC3CCN(CCCSc4cccnn4)CC3CCC(=O)O)c2c1. The van der Waals surface area contributed by atoms with E-state index in [1.807, 2.05) is 36.4 Å². The number of carboxylic acids is 1. The van der Waals surface area contributed by atoms with Gasteiger partial charge < -0.3 is 19.8 Å². The zero-order valence-corrected chi connectivity index (χ0v) is 22.1. The molecule has 8 nitrogen and oxygen atoms in total. The average Bonchev–Trinajstić information content (AvgIpc) is 2.93. The van der Waals surface area contributed by atoms with E-state index < -0.39 is 12.1 Å². The van der Waals surface area contributed by atoms with E-state index in [4.69, 9.17) is 4.74 Å². The van der Waals surface area contributed by atoms with Gasteiger partial charge in [0, 0.05) is 36.5 Å². The number of fused-ring (bicyclic) bond motifs is 1. The second-order valence-corrected chi connectivity index (χ2v) is 10.8. The molecule has 3 aromatic rings. The summed E-state index contributed by atoms with van der Waals surface area (Å²) in [6.45, 7) is 2.92. The predicted molar refractivity (Wildman–Crippen MR) is 145 cm³/mol. The van der Waals surface area contributed by atoms with Crippen molar-refractivity contribution in [1.29, 1.82) is 0 Å². The van der Waals surface area contributed by atoms with Gasteiger partial charge in [0.25, 0.3) is 0 Å². The quantitative estimate of drug-likeness (QED) is 0.240. The van der Waals surface area contributed by atoms with Crippen molar-refractivity contribution in [2.75, 3.05) is 32.5 Å². The van der Waals surface area contributed by atoms with Gasteiger partial charge in [-0.2, -0.15) is 5.10 Å². The molecule has 9 heteroatoms. The first-order valence-electron chi connectivity index (χ1n) is 13.0. The van der Waals surface area contributed by atoms with Crippen LogP contribution in [0.15, 0.2) is 53.8 Å². The lowest BCUT2D eigenvalue weighted by molar-refractivity contribution is -0.137. The summed E-state index contributed by atoms with van der Waals surface area (Å²) in [6.07, 6.45) is 7.27. The number of aromatic nitrogens is 3. The zero-order valence-electron chi connectivity index (χ0n) is 21.3. The minimum absolute atomic E-state index is 0.189. The number of benzene rings is 1. The minimum Gasteiger partial charge on any atom is -0.497 e. The highest BCUT2D eigenvalue weighted by Crippen LogP contribution is 2.35. The molecule has 1 fully saturated rings. The standard InChI is InChI=1S/C28H36N4O4S/c1-36-22-7-8-25-24(18-22)23(11-14-29-25)26(33)9-5-20-12-16-32(19-21(20)6-10-28(34)35)15-3-17-37-27-4-2-13-30-31-27/h2,4,7-8,11,13-14,18,20-21,26,33H,3,5-6,9-10,12,15-17,19H2,1H3,(H,34,35)/t20?,21?,26-/m0/s1. The van der Waals surface area contributed by atoms with Crippen LogP contribution in [0.1, 0.15) is 50.2 Å². The number of carbonyl (C=O) groups is 1. The van der Waals surface area contributed by atoms with E-state index in [-0.39, 0.29) is 6.42 Å². The van der Waals surface area contributed by atoms with Crippen molar-refractivity contribution in [1.82, 2.24) is 20.1 Å². The Morgan fingerprint density at radius 1 is 1.22 bits per heavy atom. The Hall–Kier alpha value is -2.75. The second-order valence-electron chi connectivity index (χ2n) is 9.68. The van der Waals surface area contributed by atoms with Crippen LogP contribution >= 0.6 is 11.8 Å². The number of likely N-dealkylation sites (tertiary alicyclic amines) is 1. The first-order chi connectivity index (χ1) is 18.0. The van der Waals surface area contributed by atoms with Gasteiger partial charge >= 0.3 is 5.97 Å².